The fourth-order valence-electron chi connectivity index (χ4n) is 3.09. The van der Waals surface area contributed by atoms with Gasteiger partial charge in [0.2, 0.25) is 0 Å². The first-order valence-corrected chi connectivity index (χ1v) is 6.87. The summed E-state index contributed by atoms with van der Waals surface area (Å²) in [5, 5.41) is 7.15. The SMILES string of the molecule is CNC1CCC(CNC2CCN(C)C2)CC1. The van der Waals surface area contributed by atoms with E-state index in [1.165, 1.54) is 51.7 Å². The van der Waals surface area contributed by atoms with Gasteiger partial charge in [-0.15, -0.1) is 0 Å². The third-order valence-electron chi connectivity index (χ3n) is 4.34. The van der Waals surface area contributed by atoms with E-state index in [-0.39, 0.29) is 0 Å². The molecule has 16 heavy (non-hydrogen) atoms. The van der Waals surface area contributed by atoms with Crippen molar-refractivity contribution in [2.75, 3.05) is 33.7 Å². The Bertz CT molecular complexity index is 199. The minimum absolute atomic E-state index is 0.757. The summed E-state index contributed by atoms with van der Waals surface area (Å²) in [5.41, 5.74) is 0. The Morgan fingerprint density at radius 3 is 2.38 bits per heavy atom. The smallest absolute Gasteiger partial charge is 0.0207 e. The summed E-state index contributed by atoms with van der Waals surface area (Å²) in [6.07, 6.45) is 6.88. The average molecular weight is 225 g/mol. The quantitative estimate of drug-likeness (QED) is 0.749. The maximum Gasteiger partial charge on any atom is 0.0207 e. The van der Waals surface area contributed by atoms with E-state index in [2.05, 4.69) is 29.6 Å². The first-order valence-electron chi connectivity index (χ1n) is 6.87. The molecule has 0 spiro atoms. The Labute approximate surface area is 100.0 Å². The van der Waals surface area contributed by atoms with Crippen LogP contribution in [-0.4, -0.2) is 50.7 Å². The summed E-state index contributed by atoms with van der Waals surface area (Å²) >= 11 is 0. The van der Waals surface area contributed by atoms with Crippen LogP contribution in [0.4, 0.5) is 0 Å². The summed E-state index contributed by atoms with van der Waals surface area (Å²) in [4.78, 5) is 2.43. The zero-order valence-electron chi connectivity index (χ0n) is 10.8. The molecule has 0 aromatic rings. The number of likely N-dealkylation sites (N-methyl/N-ethyl adjacent to an activating group) is 1. The molecule has 2 rings (SSSR count). The molecule has 2 aliphatic rings. The van der Waals surface area contributed by atoms with Crippen molar-refractivity contribution in [1.82, 2.24) is 15.5 Å². The highest BCUT2D eigenvalue weighted by molar-refractivity contribution is 4.82. The molecule has 94 valence electrons. The van der Waals surface area contributed by atoms with Crippen LogP contribution in [-0.2, 0) is 0 Å². The topological polar surface area (TPSA) is 27.3 Å². The number of nitrogens with zero attached hydrogens (tertiary/aromatic N) is 1. The molecule has 0 amide bonds. The van der Waals surface area contributed by atoms with Crippen molar-refractivity contribution < 1.29 is 0 Å². The highest BCUT2D eigenvalue weighted by atomic mass is 15.2. The van der Waals surface area contributed by atoms with Gasteiger partial charge in [0.05, 0.1) is 0 Å². The van der Waals surface area contributed by atoms with Crippen molar-refractivity contribution in [2.24, 2.45) is 5.92 Å². The predicted octanol–water partition coefficient (Wildman–Crippen LogP) is 1.06. The van der Waals surface area contributed by atoms with Crippen LogP contribution in [0.1, 0.15) is 32.1 Å². The zero-order chi connectivity index (χ0) is 11.4. The van der Waals surface area contributed by atoms with Crippen LogP contribution >= 0.6 is 0 Å². The second-order valence-corrected chi connectivity index (χ2v) is 5.66. The molecular formula is C13H27N3. The minimum atomic E-state index is 0.757. The molecule has 3 nitrogen and oxygen atoms in total. The molecule has 1 saturated heterocycles. The third kappa shape index (κ3) is 3.44. The third-order valence-corrected chi connectivity index (χ3v) is 4.34. The summed E-state index contributed by atoms with van der Waals surface area (Å²) < 4.78 is 0. The largest absolute Gasteiger partial charge is 0.317 e. The summed E-state index contributed by atoms with van der Waals surface area (Å²) in [7, 11) is 4.32. The van der Waals surface area contributed by atoms with E-state index in [1.807, 2.05) is 0 Å². The first kappa shape index (κ1) is 12.3. The lowest BCUT2D eigenvalue weighted by atomic mass is 9.86. The van der Waals surface area contributed by atoms with Crippen molar-refractivity contribution in [3.63, 3.8) is 0 Å². The Morgan fingerprint density at radius 2 is 1.81 bits per heavy atom. The molecule has 0 radical (unpaired) electrons. The van der Waals surface area contributed by atoms with Gasteiger partial charge in [0, 0.05) is 18.6 Å². The summed E-state index contributed by atoms with van der Waals surface area (Å²) in [6, 6.07) is 1.54. The number of hydrogen-bond acceptors (Lipinski definition) is 3. The van der Waals surface area contributed by atoms with Gasteiger partial charge in [-0.05, 0) is 65.2 Å². The highest BCUT2D eigenvalue weighted by Gasteiger charge is 2.23. The van der Waals surface area contributed by atoms with Crippen LogP contribution in [0.3, 0.4) is 0 Å². The normalized spacial score (nSPS) is 36.8. The molecule has 1 heterocycles. The monoisotopic (exact) mass is 225 g/mol. The molecule has 2 N–H and O–H groups in total. The van der Waals surface area contributed by atoms with Gasteiger partial charge in [0.25, 0.3) is 0 Å². The lowest BCUT2D eigenvalue weighted by molar-refractivity contribution is 0.283. The number of nitrogens with one attached hydrogen (secondary N) is 2. The van der Waals surface area contributed by atoms with Crippen LogP contribution < -0.4 is 10.6 Å². The maximum atomic E-state index is 3.75. The van der Waals surface area contributed by atoms with E-state index in [4.69, 9.17) is 0 Å². The van der Waals surface area contributed by atoms with Crippen LogP contribution in [0.2, 0.25) is 0 Å². The van der Waals surface area contributed by atoms with Crippen LogP contribution in [0.15, 0.2) is 0 Å². The number of rotatable bonds is 4. The number of hydrogen-bond donors (Lipinski definition) is 2. The second kappa shape index (κ2) is 5.99. The molecule has 1 aliphatic heterocycles. The molecule has 0 aromatic carbocycles. The molecule has 1 unspecified atom stereocenters. The lowest BCUT2D eigenvalue weighted by Gasteiger charge is -2.29. The second-order valence-electron chi connectivity index (χ2n) is 5.66. The Morgan fingerprint density at radius 1 is 1.06 bits per heavy atom. The van der Waals surface area contributed by atoms with Gasteiger partial charge in [-0.1, -0.05) is 0 Å². The van der Waals surface area contributed by atoms with Gasteiger partial charge in [-0.3, -0.25) is 0 Å². The molecule has 0 aromatic heterocycles. The molecule has 1 atom stereocenters. The fourth-order valence-corrected chi connectivity index (χ4v) is 3.09. The van der Waals surface area contributed by atoms with Gasteiger partial charge >= 0.3 is 0 Å². The molecule has 1 aliphatic carbocycles. The molecule has 3 heteroatoms. The average Bonchev–Trinajstić information content (AvgIpc) is 2.73. The van der Waals surface area contributed by atoms with Gasteiger partial charge in [0.1, 0.15) is 0 Å². The Hall–Kier alpha value is -0.120. The molecule has 1 saturated carbocycles. The lowest BCUT2D eigenvalue weighted by Crippen LogP contribution is -2.38. The van der Waals surface area contributed by atoms with E-state index < -0.39 is 0 Å². The predicted molar refractivity (Wildman–Crippen MR) is 68.7 cm³/mol. The van der Waals surface area contributed by atoms with E-state index in [1.54, 1.807) is 0 Å². The van der Waals surface area contributed by atoms with Gasteiger partial charge in [0.15, 0.2) is 0 Å². The minimum Gasteiger partial charge on any atom is -0.317 e. The standard InChI is InChI=1S/C13H27N3/c1-14-12-5-3-11(4-6-12)9-15-13-7-8-16(2)10-13/h11-15H,3-10H2,1-2H3. The number of likely N-dealkylation sites (tertiary alicyclic amines) is 1. The van der Waals surface area contributed by atoms with Crippen LogP contribution in [0, 0.1) is 5.92 Å². The Kier molecular flexibility index (Phi) is 4.62. The molecule has 0 bridgehead atoms. The Balaban J connectivity index is 1.60. The van der Waals surface area contributed by atoms with E-state index in [0.717, 1.165) is 18.0 Å². The van der Waals surface area contributed by atoms with Gasteiger partial charge < -0.3 is 15.5 Å². The van der Waals surface area contributed by atoms with Crippen molar-refractivity contribution in [1.29, 1.82) is 0 Å². The van der Waals surface area contributed by atoms with E-state index >= 15 is 0 Å². The fraction of sp³-hybridized carbons (Fsp3) is 1.00. The van der Waals surface area contributed by atoms with Crippen LogP contribution in [0.25, 0.3) is 0 Å². The van der Waals surface area contributed by atoms with E-state index in [9.17, 15) is 0 Å². The summed E-state index contributed by atoms with van der Waals surface area (Å²) in [6.45, 7) is 3.75. The van der Waals surface area contributed by atoms with Crippen molar-refractivity contribution in [2.45, 2.75) is 44.2 Å². The van der Waals surface area contributed by atoms with E-state index in [0.29, 0.717) is 0 Å². The maximum absolute atomic E-state index is 3.75. The molecular weight excluding hydrogens is 198 g/mol. The first-order chi connectivity index (χ1) is 7.78. The van der Waals surface area contributed by atoms with Crippen molar-refractivity contribution in [3.05, 3.63) is 0 Å². The highest BCUT2D eigenvalue weighted by Crippen LogP contribution is 2.23. The van der Waals surface area contributed by atoms with Crippen LogP contribution in [0.5, 0.6) is 0 Å². The van der Waals surface area contributed by atoms with Gasteiger partial charge in [-0.2, -0.15) is 0 Å². The zero-order valence-corrected chi connectivity index (χ0v) is 10.8. The van der Waals surface area contributed by atoms with Crippen molar-refractivity contribution in [3.8, 4) is 0 Å². The molecule has 2 fully saturated rings. The van der Waals surface area contributed by atoms with Crippen molar-refractivity contribution >= 4 is 0 Å². The summed E-state index contributed by atoms with van der Waals surface area (Å²) in [5.74, 6) is 0.926. The van der Waals surface area contributed by atoms with Gasteiger partial charge in [-0.25, -0.2) is 0 Å².